The summed E-state index contributed by atoms with van der Waals surface area (Å²) in [5.74, 6) is -0.126. The minimum Gasteiger partial charge on any atom is -0.263 e. The fourth-order valence-corrected chi connectivity index (χ4v) is 2.16. The van der Waals surface area contributed by atoms with Crippen LogP contribution in [0.1, 0.15) is 52.4 Å². The minimum absolute atomic E-state index is 0.126. The largest absolute Gasteiger partial charge is 0.523 e. The second kappa shape index (κ2) is 7.99. The van der Waals surface area contributed by atoms with Crippen molar-refractivity contribution in [1.29, 1.82) is 0 Å². The van der Waals surface area contributed by atoms with Crippen molar-refractivity contribution in [2.45, 2.75) is 57.9 Å². The maximum Gasteiger partial charge on any atom is 0.523 e. The molecule has 0 heterocycles. The van der Waals surface area contributed by atoms with Gasteiger partial charge in [0.05, 0.1) is 6.61 Å². The second-order valence-electron chi connectivity index (χ2n) is 4.33. The van der Waals surface area contributed by atoms with Gasteiger partial charge in [-0.2, -0.15) is 21.6 Å². The van der Waals surface area contributed by atoms with Crippen LogP contribution in [0.3, 0.4) is 0 Å². The van der Waals surface area contributed by atoms with E-state index in [0.717, 1.165) is 25.7 Å². The van der Waals surface area contributed by atoms with Crippen LogP contribution in [0, 0.1) is 5.92 Å². The molecule has 0 radical (unpaired) electrons. The summed E-state index contributed by atoms with van der Waals surface area (Å²) in [5, 5.41) is 0. The highest BCUT2D eigenvalue weighted by molar-refractivity contribution is 7.87. The molecule has 0 aliphatic carbocycles. The van der Waals surface area contributed by atoms with Crippen molar-refractivity contribution in [3.8, 4) is 0 Å². The number of hydrogen-bond acceptors (Lipinski definition) is 3. The van der Waals surface area contributed by atoms with Crippen LogP contribution in [-0.2, 0) is 14.3 Å². The van der Waals surface area contributed by atoms with E-state index in [0.29, 0.717) is 12.8 Å². The topological polar surface area (TPSA) is 43.4 Å². The lowest BCUT2D eigenvalue weighted by molar-refractivity contribution is -0.0551. The molecule has 0 aromatic heterocycles. The minimum atomic E-state index is -5.44. The summed E-state index contributed by atoms with van der Waals surface area (Å²) in [6.07, 6.45) is 5.07. The zero-order valence-electron chi connectivity index (χ0n) is 10.8. The molecule has 0 fully saturated rings. The molecule has 3 nitrogen and oxygen atoms in total. The molecule has 0 aliphatic rings. The summed E-state index contributed by atoms with van der Waals surface area (Å²) in [4.78, 5) is 0. The second-order valence-corrected chi connectivity index (χ2v) is 5.94. The van der Waals surface area contributed by atoms with Gasteiger partial charge in [-0.15, -0.1) is 0 Å². The molecule has 0 N–H and O–H groups in total. The van der Waals surface area contributed by atoms with Gasteiger partial charge in [0.15, 0.2) is 0 Å². The highest BCUT2D eigenvalue weighted by Gasteiger charge is 2.47. The number of hydrogen-bond donors (Lipinski definition) is 0. The predicted octanol–water partition coefficient (Wildman–Crippen LogP) is 3.85. The lowest BCUT2D eigenvalue weighted by Crippen LogP contribution is -2.27. The van der Waals surface area contributed by atoms with Crippen molar-refractivity contribution in [3.63, 3.8) is 0 Å². The van der Waals surface area contributed by atoms with Gasteiger partial charge in [0.1, 0.15) is 0 Å². The van der Waals surface area contributed by atoms with Crippen molar-refractivity contribution in [1.82, 2.24) is 0 Å². The van der Waals surface area contributed by atoms with E-state index in [2.05, 4.69) is 4.18 Å². The molecular formula is C11H21F3O3S. The first-order chi connectivity index (χ1) is 8.24. The van der Waals surface area contributed by atoms with Crippen LogP contribution < -0.4 is 0 Å². The van der Waals surface area contributed by atoms with E-state index in [1.54, 1.807) is 0 Å². The maximum atomic E-state index is 12.1. The maximum absolute atomic E-state index is 12.1. The van der Waals surface area contributed by atoms with Crippen LogP contribution in [0.15, 0.2) is 0 Å². The molecule has 0 saturated heterocycles. The zero-order valence-corrected chi connectivity index (χ0v) is 11.6. The van der Waals surface area contributed by atoms with Gasteiger partial charge >= 0.3 is 15.6 Å². The smallest absolute Gasteiger partial charge is 0.263 e. The Bertz CT molecular complexity index is 312. The Morgan fingerprint density at radius 2 is 1.67 bits per heavy atom. The third-order valence-corrected chi connectivity index (χ3v) is 3.67. The van der Waals surface area contributed by atoms with Crippen LogP contribution in [0.2, 0.25) is 0 Å². The van der Waals surface area contributed by atoms with Gasteiger partial charge in [-0.25, -0.2) is 0 Å². The molecule has 0 saturated carbocycles. The van der Waals surface area contributed by atoms with E-state index < -0.39 is 15.6 Å². The Kier molecular flexibility index (Phi) is 7.86. The summed E-state index contributed by atoms with van der Waals surface area (Å²) in [5.41, 5.74) is -5.33. The Labute approximate surface area is 107 Å². The SMILES string of the molecule is CCCCCC(CCC)COS(=O)(=O)C(F)(F)F. The molecule has 0 aromatic carbocycles. The third-order valence-electron chi connectivity index (χ3n) is 2.66. The zero-order chi connectivity index (χ0) is 14.2. The molecule has 0 spiro atoms. The summed E-state index contributed by atoms with van der Waals surface area (Å²) < 4.78 is 61.8. The van der Waals surface area contributed by atoms with Crippen LogP contribution in [0.4, 0.5) is 13.2 Å². The Hall–Kier alpha value is -0.300. The van der Waals surface area contributed by atoms with Gasteiger partial charge in [-0.1, -0.05) is 39.5 Å². The normalized spacial score (nSPS) is 14.7. The van der Waals surface area contributed by atoms with E-state index in [1.807, 2.05) is 13.8 Å². The van der Waals surface area contributed by atoms with Crippen LogP contribution in [0.25, 0.3) is 0 Å². The van der Waals surface area contributed by atoms with E-state index in [1.165, 1.54) is 0 Å². The Morgan fingerprint density at radius 3 is 2.11 bits per heavy atom. The lowest BCUT2D eigenvalue weighted by atomic mass is 9.98. The first kappa shape index (κ1) is 17.7. The molecule has 0 aromatic rings. The van der Waals surface area contributed by atoms with Gasteiger partial charge in [-0.3, -0.25) is 4.18 Å². The average molecular weight is 290 g/mol. The molecule has 0 aliphatic heterocycles. The van der Waals surface area contributed by atoms with Gasteiger partial charge < -0.3 is 0 Å². The fraction of sp³-hybridized carbons (Fsp3) is 1.00. The summed E-state index contributed by atoms with van der Waals surface area (Å²) >= 11 is 0. The average Bonchev–Trinajstić information content (AvgIpc) is 2.24. The predicted molar refractivity (Wildman–Crippen MR) is 63.5 cm³/mol. The monoisotopic (exact) mass is 290 g/mol. The van der Waals surface area contributed by atoms with Crippen molar-refractivity contribution in [3.05, 3.63) is 0 Å². The summed E-state index contributed by atoms with van der Waals surface area (Å²) in [6, 6.07) is 0. The molecule has 110 valence electrons. The molecule has 0 bridgehead atoms. The van der Waals surface area contributed by atoms with Gasteiger partial charge in [0.25, 0.3) is 0 Å². The number of rotatable bonds is 9. The summed E-state index contributed by atoms with van der Waals surface area (Å²) in [6.45, 7) is 3.56. The molecule has 7 heteroatoms. The van der Waals surface area contributed by atoms with Gasteiger partial charge in [0, 0.05) is 0 Å². The number of halogens is 3. The van der Waals surface area contributed by atoms with E-state index in [9.17, 15) is 21.6 Å². The first-order valence-electron chi connectivity index (χ1n) is 6.20. The van der Waals surface area contributed by atoms with Crippen molar-refractivity contribution < 1.29 is 25.8 Å². The standard InChI is InChI=1S/C11H21F3O3S/c1-3-5-6-8-10(7-4-2)9-17-18(15,16)11(12,13)14/h10H,3-9H2,1-2H3. The highest BCUT2D eigenvalue weighted by Crippen LogP contribution is 2.26. The number of alkyl halides is 3. The van der Waals surface area contributed by atoms with Gasteiger partial charge in [-0.05, 0) is 18.8 Å². The first-order valence-corrected chi connectivity index (χ1v) is 7.61. The summed E-state index contributed by atoms with van der Waals surface area (Å²) in [7, 11) is -5.44. The van der Waals surface area contributed by atoms with Crippen LogP contribution in [0.5, 0.6) is 0 Å². The van der Waals surface area contributed by atoms with Crippen LogP contribution >= 0.6 is 0 Å². The van der Waals surface area contributed by atoms with Crippen molar-refractivity contribution in [2.75, 3.05) is 6.61 Å². The Balaban J connectivity index is 4.26. The van der Waals surface area contributed by atoms with E-state index >= 15 is 0 Å². The molecule has 18 heavy (non-hydrogen) atoms. The lowest BCUT2D eigenvalue weighted by Gasteiger charge is -2.16. The quantitative estimate of drug-likeness (QED) is 0.368. The molecule has 1 unspecified atom stereocenters. The molecule has 0 rings (SSSR count). The molecular weight excluding hydrogens is 269 g/mol. The van der Waals surface area contributed by atoms with E-state index in [-0.39, 0.29) is 12.5 Å². The van der Waals surface area contributed by atoms with Crippen molar-refractivity contribution >= 4 is 10.1 Å². The van der Waals surface area contributed by atoms with Gasteiger partial charge in [0.2, 0.25) is 0 Å². The molecule has 1 atom stereocenters. The number of unbranched alkanes of at least 4 members (excludes halogenated alkanes) is 2. The van der Waals surface area contributed by atoms with Crippen molar-refractivity contribution in [2.24, 2.45) is 5.92 Å². The third kappa shape index (κ3) is 6.58. The van der Waals surface area contributed by atoms with E-state index in [4.69, 9.17) is 0 Å². The van der Waals surface area contributed by atoms with Crippen LogP contribution in [-0.4, -0.2) is 20.5 Å². The molecule has 0 amide bonds. The highest BCUT2D eigenvalue weighted by atomic mass is 32.2. The fourth-order valence-electron chi connectivity index (χ4n) is 1.65. The Morgan fingerprint density at radius 1 is 1.06 bits per heavy atom.